The summed E-state index contributed by atoms with van der Waals surface area (Å²) in [4.78, 5) is 72.6. The Morgan fingerprint density at radius 1 is 0.333 bits per heavy atom. The zero-order valence-corrected chi connectivity index (χ0v) is 61.1. The summed E-state index contributed by atoms with van der Waals surface area (Å²) in [6, 6.07) is 0. The van der Waals surface area contributed by atoms with Gasteiger partial charge in [0.05, 0.1) is 26.4 Å². The van der Waals surface area contributed by atoms with E-state index < -0.39 is 97.5 Å². The molecule has 0 radical (unpaired) electrons. The number of esters is 4. The van der Waals surface area contributed by atoms with Crippen molar-refractivity contribution in [1.82, 2.24) is 0 Å². The van der Waals surface area contributed by atoms with Gasteiger partial charge in [0.25, 0.3) is 0 Å². The molecule has 0 fully saturated rings. The minimum Gasteiger partial charge on any atom is -0.462 e. The lowest BCUT2D eigenvalue weighted by atomic mass is 10.0. The van der Waals surface area contributed by atoms with E-state index in [4.69, 9.17) is 37.0 Å². The molecule has 3 N–H and O–H groups in total. The van der Waals surface area contributed by atoms with Crippen LogP contribution in [0, 0.1) is 5.92 Å². The summed E-state index contributed by atoms with van der Waals surface area (Å²) in [5.41, 5.74) is 0. The monoisotopic (exact) mass is 1360 g/mol. The van der Waals surface area contributed by atoms with E-state index in [0.717, 1.165) is 128 Å². The van der Waals surface area contributed by atoms with Gasteiger partial charge in [0, 0.05) is 25.7 Å². The Hall–Kier alpha value is -2.98. The van der Waals surface area contributed by atoms with Crippen LogP contribution in [0.15, 0.2) is 48.6 Å². The molecule has 0 bridgehead atoms. The van der Waals surface area contributed by atoms with Crippen LogP contribution in [-0.4, -0.2) is 96.7 Å². The molecule has 0 aliphatic heterocycles. The number of ether oxygens (including phenoxy) is 4. The van der Waals surface area contributed by atoms with Crippen molar-refractivity contribution in [1.29, 1.82) is 0 Å². The van der Waals surface area contributed by atoms with Gasteiger partial charge in [-0.3, -0.25) is 37.3 Å². The number of phosphoric ester groups is 2. The zero-order chi connectivity index (χ0) is 68.4. The molecular formula is C74H136O17P2. The summed E-state index contributed by atoms with van der Waals surface area (Å²) >= 11 is 0. The van der Waals surface area contributed by atoms with E-state index in [1.807, 2.05) is 0 Å². The molecule has 0 aliphatic rings. The number of unbranched alkanes of at least 4 members (excludes halogenated alkanes) is 36. The molecule has 0 saturated carbocycles. The van der Waals surface area contributed by atoms with E-state index in [0.29, 0.717) is 31.6 Å². The first-order chi connectivity index (χ1) is 45.0. The van der Waals surface area contributed by atoms with E-state index >= 15 is 0 Å². The zero-order valence-electron chi connectivity index (χ0n) is 59.4. The van der Waals surface area contributed by atoms with E-state index in [1.54, 1.807) is 0 Å². The van der Waals surface area contributed by atoms with Crippen LogP contribution in [0.25, 0.3) is 0 Å². The molecule has 17 nitrogen and oxygen atoms in total. The number of hydrogen-bond acceptors (Lipinski definition) is 15. The third-order valence-corrected chi connectivity index (χ3v) is 17.9. The van der Waals surface area contributed by atoms with Crippen LogP contribution in [0.3, 0.4) is 0 Å². The van der Waals surface area contributed by atoms with Gasteiger partial charge in [-0.05, 0) is 83.0 Å². The van der Waals surface area contributed by atoms with Crippen LogP contribution in [0.2, 0.25) is 0 Å². The maximum atomic E-state index is 13.0. The summed E-state index contributed by atoms with van der Waals surface area (Å²) in [5, 5.41) is 10.6. The molecular weight excluding hydrogens is 1220 g/mol. The topological polar surface area (TPSA) is 237 Å². The molecule has 2 unspecified atom stereocenters. The Balaban J connectivity index is 5.31. The molecule has 93 heavy (non-hydrogen) atoms. The minimum absolute atomic E-state index is 0.0781. The lowest BCUT2D eigenvalue weighted by Crippen LogP contribution is -2.30. The highest BCUT2D eigenvalue weighted by molar-refractivity contribution is 7.47. The number of carbonyl (C=O) groups is 4. The Labute approximate surface area is 566 Å². The van der Waals surface area contributed by atoms with E-state index in [2.05, 4.69) is 83.2 Å². The maximum absolute atomic E-state index is 13.0. The number of aliphatic hydroxyl groups is 1. The van der Waals surface area contributed by atoms with Crippen LogP contribution >= 0.6 is 15.6 Å². The highest BCUT2D eigenvalue weighted by Crippen LogP contribution is 2.45. The van der Waals surface area contributed by atoms with Gasteiger partial charge in [-0.15, -0.1) is 0 Å². The number of allylic oxidation sites excluding steroid dienone is 8. The van der Waals surface area contributed by atoms with Crippen molar-refractivity contribution in [3.8, 4) is 0 Å². The third-order valence-electron chi connectivity index (χ3n) is 16.0. The van der Waals surface area contributed by atoms with Gasteiger partial charge in [-0.25, -0.2) is 9.13 Å². The molecule has 0 heterocycles. The summed E-state index contributed by atoms with van der Waals surface area (Å²) in [7, 11) is -9.93. The van der Waals surface area contributed by atoms with E-state index in [1.165, 1.54) is 122 Å². The van der Waals surface area contributed by atoms with Crippen LogP contribution in [0.5, 0.6) is 0 Å². The van der Waals surface area contributed by atoms with Crippen molar-refractivity contribution >= 4 is 39.5 Å². The van der Waals surface area contributed by atoms with E-state index in [-0.39, 0.29) is 25.7 Å². The van der Waals surface area contributed by atoms with E-state index in [9.17, 15) is 43.2 Å². The second-order valence-electron chi connectivity index (χ2n) is 25.8. The molecule has 544 valence electrons. The summed E-state index contributed by atoms with van der Waals surface area (Å²) in [5.74, 6) is -1.50. The van der Waals surface area contributed by atoms with Crippen LogP contribution < -0.4 is 0 Å². The number of rotatable bonds is 70. The van der Waals surface area contributed by atoms with Gasteiger partial charge in [0.1, 0.15) is 19.3 Å². The average molecular weight is 1360 g/mol. The third kappa shape index (κ3) is 67.4. The normalized spacial score (nSPS) is 14.3. The predicted molar refractivity (Wildman–Crippen MR) is 377 cm³/mol. The summed E-state index contributed by atoms with van der Waals surface area (Å²) in [6.07, 6.45) is 60.0. The van der Waals surface area contributed by atoms with Gasteiger partial charge in [-0.1, -0.05) is 282 Å². The van der Waals surface area contributed by atoms with Crippen molar-refractivity contribution in [2.75, 3.05) is 39.6 Å². The Kier molecular flexibility index (Phi) is 64.1. The van der Waals surface area contributed by atoms with Crippen LogP contribution in [-0.2, 0) is 65.4 Å². The number of aliphatic hydroxyl groups excluding tert-OH is 1. The van der Waals surface area contributed by atoms with Crippen LogP contribution in [0.4, 0.5) is 0 Å². The van der Waals surface area contributed by atoms with Gasteiger partial charge in [0.2, 0.25) is 0 Å². The lowest BCUT2D eigenvalue weighted by molar-refractivity contribution is -0.161. The molecule has 19 heteroatoms. The highest BCUT2D eigenvalue weighted by atomic mass is 31.2. The van der Waals surface area contributed by atoms with Crippen molar-refractivity contribution < 1.29 is 80.2 Å². The molecule has 5 atom stereocenters. The first-order valence-electron chi connectivity index (χ1n) is 37.3. The van der Waals surface area contributed by atoms with Gasteiger partial charge < -0.3 is 33.8 Å². The molecule has 0 rings (SSSR count). The first-order valence-corrected chi connectivity index (χ1v) is 40.3. The molecule has 0 saturated heterocycles. The fourth-order valence-corrected chi connectivity index (χ4v) is 11.8. The number of hydrogen-bond donors (Lipinski definition) is 3. The fourth-order valence-electron chi connectivity index (χ4n) is 10.3. The Morgan fingerprint density at radius 3 is 0.882 bits per heavy atom. The van der Waals surface area contributed by atoms with Gasteiger partial charge >= 0.3 is 39.5 Å². The first kappa shape index (κ1) is 90.0. The number of phosphoric acid groups is 2. The van der Waals surface area contributed by atoms with Gasteiger partial charge in [0.15, 0.2) is 12.2 Å². The SMILES string of the molecule is CCCCCC/C=C\C=C/CCCCCCCC(=O)OC[C@H](COP(=O)(O)OC[C@@H](O)COP(=O)(O)OC[C@@H](COC(=O)CCCCCCCCC(C)C)OC(=O)CCCCCCCCCCCCCCCC)OC(=O)CCCCCCC/C=C\C=C/CCCCCC. The lowest BCUT2D eigenvalue weighted by Gasteiger charge is -2.21. The predicted octanol–water partition coefficient (Wildman–Crippen LogP) is 20.8. The largest absolute Gasteiger partial charge is 0.472 e. The summed E-state index contributed by atoms with van der Waals surface area (Å²) in [6.45, 7) is 7.06. The Bertz CT molecular complexity index is 1980. The minimum atomic E-state index is -4.97. The standard InChI is InChI=1S/C74H136O17P2/c1-6-9-12-15-18-21-24-27-30-33-35-38-41-47-52-57-71(76)84-63-69(90-73(78)60-55-50-43-40-37-34-31-28-25-22-19-16-13-10-7-2)65-88-92(80,81)86-61-68(75)62-87-93(82,83)89-66-70(64-85-72(77)58-53-48-45-44-46-51-56-67(4)5)91-74(79)59-54-49-42-39-36-32-29-26-23-20-17-14-11-8-3/h21-22,24-25,27-28,30-31,67-70,75H,6-20,23,26,29,32-66H2,1-5H3,(H,80,81)(H,82,83)/b24-21-,25-22-,30-27-,31-28-/t68-,69-,70-/m1/s1. The van der Waals surface area contributed by atoms with Gasteiger partial charge in [-0.2, -0.15) is 0 Å². The summed E-state index contributed by atoms with van der Waals surface area (Å²) < 4.78 is 68.3. The second-order valence-corrected chi connectivity index (χ2v) is 28.7. The van der Waals surface area contributed by atoms with Crippen molar-refractivity contribution in [3.05, 3.63) is 48.6 Å². The molecule has 0 aliphatic carbocycles. The van der Waals surface area contributed by atoms with Crippen molar-refractivity contribution in [2.24, 2.45) is 5.92 Å². The van der Waals surface area contributed by atoms with Crippen molar-refractivity contribution in [3.63, 3.8) is 0 Å². The average Bonchev–Trinajstić information content (AvgIpc) is 3.32. The molecule has 0 aromatic carbocycles. The molecule has 0 spiro atoms. The van der Waals surface area contributed by atoms with Crippen LogP contribution in [0.1, 0.15) is 336 Å². The fraction of sp³-hybridized carbons (Fsp3) is 0.838. The second kappa shape index (κ2) is 66.3. The molecule has 0 aromatic rings. The Morgan fingerprint density at radius 2 is 0.581 bits per heavy atom. The smallest absolute Gasteiger partial charge is 0.462 e. The quantitative estimate of drug-likeness (QED) is 0.0169. The molecule has 0 aromatic heterocycles. The molecule has 0 amide bonds. The van der Waals surface area contributed by atoms with Crippen molar-refractivity contribution in [2.45, 2.75) is 355 Å². The highest BCUT2D eigenvalue weighted by Gasteiger charge is 2.30. The maximum Gasteiger partial charge on any atom is 0.472 e. The number of carbonyl (C=O) groups excluding carboxylic acids is 4.